The molecule has 11 heteroatoms. The summed E-state index contributed by atoms with van der Waals surface area (Å²) in [6, 6.07) is 12.1. The molecule has 0 fully saturated rings. The second-order valence-electron chi connectivity index (χ2n) is 9.31. The first-order valence-electron chi connectivity index (χ1n) is 13.8. The molecule has 0 saturated carbocycles. The highest BCUT2D eigenvalue weighted by atomic mass is 19.1. The van der Waals surface area contributed by atoms with Gasteiger partial charge in [-0.3, -0.25) is 4.79 Å². The Bertz CT molecular complexity index is 1290. The lowest BCUT2D eigenvalue weighted by atomic mass is 9.98. The summed E-state index contributed by atoms with van der Waals surface area (Å²) in [5.41, 5.74) is 3.99. The number of aldehydes is 1. The molecular formula is C31H39FN4O6. The Morgan fingerprint density at radius 2 is 1.60 bits per heavy atom. The van der Waals surface area contributed by atoms with Crippen LogP contribution in [0.25, 0.3) is 11.1 Å². The first-order chi connectivity index (χ1) is 20.4. The maximum Gasteiger partial charge on any atom is 0.221 e. The molecule has 10 nitrogen and oxygen atoms in total. The molecule has 0 aliphatic rings. The quantitative estimate of drug-likeness (QED) is 0.139. The highest BCUT2D eigenvalue weighted by Crippen LogP contribution is 2.31. The molecule has 3 aromatic rings. The van der Waals surface area contributed by atoms with Crippen molar-refractivity contribution in [3.05, 3.63) is 65.6 Å². The number of nitrogens with one attached hydrogen (secondary N) is 3. The molecule has 0 spiro atoms. The lowest BCUT2D eigenvalue weighted by molar-refractivity contribution is -0.114. The van der Waals surface area contributed by atoms with E-state index in [-0.39, 0.29) is 18.1 Å². The summed E-state index contributed by atoms with van der Waals surface area (Å²) in [6.07, 6.45) is 2.64. The number of hydrogen-bond donors (Lipinski definition) is 3. The molecule has 3 rings (SSSR count). The van der Waals surface area contributed by atoms with Crippen LogP contribution in [-0.4, -0.2) is 77.0 Å². The fourth-order valence-electron chi connectivity index (χ4n) is 4.10. The molecule has 0 aliphatic carbocycles. The summed E-state index contributed by atoms with van der Waals surface area (Å²) in [6.45, 7) is 7.05. The van der Waals surface area contributed by atoms with Crippen LogP contribution in [-0.2, 0) is 30.2 Å². The minimum atomic E-state index is -0.376. The Morgan fingerprint density at radius 1 is 0.929 bits per heavy atom. The fourth-order valence-corrected chi connectivity index (χ4v) is 4.10. The highest BCUT2D eigenvalue weighted by Gasteiger charge is 2.13. The number of nitrogens with zero attached hydrogens (tertiary/aromatic N) is 1. The number of aromatic nitrogens is 1. The third-order valence-corrected chi connectivity index (χ3v) is 6.13. The van der Waals surface area contributed by atoms with Gasteiger partial charge in [-0.2, -0.15) is 0 Å². The number of anilines is 3. The monoisotopic (exact) mass is 582 g/mol. The molecule has 0 radical (unpaired) electrons. The number of carbonyl (C=O) groups is 2. The number of pyridine rings is 1. The van der Waals surface area contributed by atoms with E-state index in [1.807, 2.05) is 13.0 Å². The molecule has 3 N–H and O–H groups in total. The minimum absolute atomic E-state index is 0.116. The number of ether oxygens (including phenoxy) is 4. The van der Waals surface area contributed by atoms with Gasteiger partial charge in [-0.1, -0.05) is 0 Å². The average molecular weight is 583 g/mol. The number of carbonyl (C=O) groups excluding carboxylic acids is 2. The Kier molecular flexibility index (Phi) is 13.7. The van der Waals surface area contributed by atoms with E-state index in [0.717, 1.165) is 23.1 Å². The minimum Gasteiger partial charge on any atom is -0.491 e. The molecular weight excluding hydrogens is 543 g/mol. The van der Waals surface area contributed by atoms with E-state index < -0.39 is 0 Å². The fraction of sp³-hybridized carbons (Fsp3) is 0.387. The van der Waals surface area contributed by atoms with E-state index in [2.05, 4.69) is 20.9 Å². The van der Waals surface area contributed by atoms with Crippen LogP contribution in [0.1, 0.15) is 18.1 Å². The molecule has 0 atom stereocenters. The number of halogens is 1. The van der Waals surface area contributed by atoms with Crippen LogP contribution in [0.5, 0.6) is 5.75 Å². The summed E-state index contributed by atoms with van der Waals surface area (Å²) in [5, 5.41) is 8.84. The van der Waals surface area contributed by atoms with Gasteiger partial charge in [-0.15, -0.1) is 0 Å². The van der Waals surface area contributed by atoms with Crippen molar-refractivity contribution in [3.8, 4) is 16.9 Å². The van der Waals surface area contributed by atoms with Gasteiger partial charge in [0.1, 0.15) is 30.3 Å². The van der Waals surface area contributed by atoms with Crippen molar-refractivity contribution < 1.29 is 32.9 Å². The third-order valence-electron chi connectivity index (χ3n) is 6.13. The van der Waals surface area contributed by atoms with Crippen LogP contribution in [0.15, 0.2) is 48.7 Å². The zero-order chi connectivity index (χ0) is 30.2. The van der Waals surface area contributed by atoms with Crippen molar-refractivity contribution in [2.24, 2.45) is 0 Å². The van der Waals surface area contributed by atoms with Crippen LogP contribution in [0.4, 0.5) is 21.6 Å². The van der Waals surface area contributed by atoms with Crippen LogP contribution in [0, 0.1) is 12.7 Å². The number of aryl methyl sites for hydroxylation is 1. The number of hydrogen-bond acceptors (Lipinski definition) is 9. The Hall–Kier alpha value is -4.06. The lowest BCUT2D eigenvalue weighted by Crippen LogP contribution is -2.15. The van der Waals surface area contributed by atoms with Gasteiger partial charge >= 0.3 is 0 Å². The highest BCUT2D eigenvalue weighted by molar-refractivity contribution is 5.88. The van der Waals surface area contributed by atoms with Crippen LogP contribution < -0.4 is 20.7 Å². The van der Waals surface area contributed by atoms with Gasteiger partial charge in [-0.25, -0.2) is 9.37 Å². The number of benzene rings is 2. The molecule has 1 amide bonds. The topological polar surface area (TPSA) is 120 Å². The van der Waals surface area contributed by atoms with E-state index in [4.69, 9.17) is 18.9 Å². The van der Waals surface area contributed by atoms with E-state index in [1.54, 1.807) is 43.6 Å². The molecule has 0 unspecified atom stereocenters. The SMILES string of the molecule is CNc1cc(F)c(-c2cnc(NCCOCCOCCOCCOc3ccc(NC(C)=O)cc3)cc2C)cc1CC=O. The molecule has 0 saturated heterocycles. The van der Waals surface area contributed by atoms with Gasteiger partial charge in [0.2, 0.25) is 5.91 Å². The Morgan fingerprint density at radius 3 is 2.21 bits per heavy atom. The maximum absolute atomic E-state index is 14.8. The van der Waals surface area contributed by atoms with E-state index in [0.29, 0.717) is 81.2 Å². The standard InChI is InChI=1S/C31H39FN4O6/c1-22-18-31(35-21-28(22)27-19-24(8-10-37)30(33-3)20-29(27)32)34-9-11-39-12-13-40-14-15-41-16-17-42-26-6-4-25(5-7-26)36-23(2)38/h4-7,10,18-21,33H,8-9,11-17H2,1-3H3,(H,34,35)(H,36,38). The van der Waals surface area contributed by atoms with Crippen molar-refractivity contribution in [2.45, 2.75) is 20.3 Å². The average Bonchev–Trinajstić information content (AvgIpc) is 2.97. The number of amides is 1. The van der Waals surface area contributed by atoms with Gasteiger partial charge in [-0.05, 0) is 60.5 Å². The number of rotatable bonds is 19. The zero-order valence-corrected chi connectivity index (χ0v) is 24.3. The molecule has 0 aliphatic heterocycles. The molecule has 226 valence electrons. The summed E-state index contributed by atoms with van der Waals surface area (Å²) in [5.74, 6) is 0.878. The van der Waals surface area contributed by atoms with E-state index >= 15 is 0 Å². The molecule has 1 heterocycles. The molecule has 1 aromatic heterocycles. The smallest absolute Gasteiger partial charge is 0.221 e. The van der Waals surface area contributed by atoms with Crippen LogP contribution in [0.2, 0.25) is 0 Å². The van der Waals surface area contributed by atoms with Crippen LogP contribution >= 0.6 is 0 Å². The zero-order valence-electron chi connectivity index (χ0n) is 24.3. The first-order valence-corrected chi connectivity index (χ1v) is 13.8. The lowest BCUT2D eigenvalue weighted by Gasteiger charge is -2.14. The predicted molar refractivity (Wildman–Crippen MR) is 161 cm³/mol. The predicted octanol–water partition coefficient (Wildman–Crippen LogP) is 4.48. The molecule has 2 aromatic carbocycles. The second kappa shape index (κ2) is 17.7. The third kappa shape index (κ3) is 10.7. The van der Waals surface area contributed by atoms with E-state index in [9.17, 15) is 14.0 Å². The first kappa shape index (κ1) is 32.5. The van der Waals surface area contributed by atoms with E-state index in [1.165, 1.54) is 13.0 Å². The Balaban J connectivity index is 1.24. The van der Waals surface area contributed by atoms with Crippen LogP contribution in [0.3, 0.4) is 0 Å². The van der Waals surface area contributed by atoms with Crippen molar-refractivity contribution in [3.63, 3.8) is 0 Å². The summed E-state index contributed by atoms with van der Waals surface area (Å²) in [4.78, 5) is 26.5. The van der Waals surface area contributed by atoms with Crippen molar-refractivity contribution in [1.29, 1.82) is 0 Å². The van der Waals surface area contributed by atoms with Gasteiger partial charge in [0.15, 0.2) is 0 Å². The van der Waals surface area contributed by atoms with Crippen molar-refractivity contribution in [2.75, 3.05) is 75.8 Å². The normalized spacial score (nSPS) is 10.8. The molecule has 42 heavy (non-hydrogen) atoms. The summed E-state index contributed by atoms with van der Waals surface area (Å²) in [7, 11) is 1.70. The van der Waals surface area contributed by atoms with Gasteiger partial charge in [0, 0.05) is 55.6 Å². The summed E-state index contributed by atoms with van der Waals surface area (Å²) < 4.78 is 37.0. The molecule has 0 bridgehead atoms. The van der Waals surface area contributed by atoms with Crippen molar-refractivity contribution >= 4 is 29.4 Å². The Labute approximate surface area is 245 Å². The van der Waals surface area contributed by atoms with Gasteiger partial charge in [0.25, 0.3) is 0 Å². The van der Waals surface area contributed by atoms with Gasteiger partial charge in [0.05, 0.1) is 39.6 Å². The second-order valence-corrected chi connectivity index (χ2v) is 9.31. The van der Waals surface area contributed by atoms with Gasteiger partial charge < -0.3 is 39.7 Å². The summed E-state index contributed by atoms with van der Waals surface area (Å²) >= 11 is 0. The largest absolute Gasteiger partial charge is 0.491 e. The maximum atomic E-state index is 14.8. The van der Waals surface area contributed by atoms with Crippen molar-refractivity contribution in [1.82, 2.24) is 4.98 Å².